The summed E-state index contributed by atoms with van der Waals surface area (Å²) in [5, 5.41) is 0. The third-order valence-corrected chi connectivity index (χ3v) is 3.72. The maximum Gasteiger partial charge on any atom is 0.136 e. The Morgan fingerprint density at radius 1 is 1.30 bits per heavy atom. The average Bonchev–Trinajstić information content (AvgIpc) is 2.51. The summed E-state index contributed by atoms with van der Waals surface area (Å²) >= 11 is 0. The van der Waals surface area contributed by atoms with E-state index in [1.807, 2.05) is 0 Å². The molecule has 0 aliphatic heterocycles. The average molecular weight is 136 g/mol. The lowest BCUT2D eigenvalue weighted by molar-refractivity contribution is -0.120. The van der Waals surface area contributed by atoms with Gasteiger partial charge in [0.15, 0.2) is 0 Å². The fourth-order valence-corrected chi connectivity index (χ4v) is 3.31. The van der Waals surface area contributed by atoms with Gasteiger partial charge in [0, 0.05) is 12.3 Å². The SMILES string of the molecule is O=C1CC2CCCC3C1C23. The monoisotopic (exact) mass is 136 g/mol. The molecule has 0 bridgehead atoms. The fourth-order valence-electron chi connectivity index (χ4n) is 3.31. The molecule has 0 saturated heterocycles. The molecule has 0 N–H and O–H groups in total. The zero-order valence-corrected chi connectivity index (χ0v) is 6.05. The summed E-state index contributed by atoms with van der Waals surface area (Å²) in [7, 11) is 0. The molecule has 0 radical (unpaired) electrons. The van der Waals surface area contributed by atoms with Crippen molar-refractivity contribution in [3.05, 3.63) is 0 Å². The zero-order valence-electron chi connectivity index (χ0n) is 6.05. The summed E-state index contributed by atoms with van der Waals surface area (Å²) in [6.07, 6.45) is 5.04. The van der Waals surface area contributed by atoms with E-state index in [2.05, 4.69) is 0 Å². The van der Waals surface area contributed by atoms with Gasteiger partial charge < -0.3 is 0 Å². The second kappa shape index (κ2) is 1.46. The van der Waals surface area contributed by atoms with Crippen molar-refractivity contribution >= 4 is 5.78 Å². The van der Waals surface area contributed by atoms with Crippen LogP contribution in [0.15, 0.2) is 0 Å². The molecule has 0 aromatic carbocycles. The van der Waals surface area contributed by atoms with Crippen LogP contribution in [0.4, 0.5) is 0 Å². The van der Waals surface area contributed by atoms with Crippen LogP contribution in [-0.2, 0) is 4.79 Å². The Hall–Kier alpha value is -0.330. The van der Waals surface area contributed by atoms with Crippen LogP contribution in [0.3, 0.4) is 0 Å². The summed E-state index contributed by atoms with van der Waals surface area (Å²) < 4.78 is 0. The normalized spacial score (nSPS) is 56.6. The van der Waals surface area contributed by atoms with E-state index in [0.29, 0.717) is 11.7 Å². The lowest BCUT2D eigenvalue weighted by Crippen LogP contribution is -2.12. The lowest BCUT2D eigenvalue weighted by atomic mass is 9.87. The molecule has 0 aromatic heterocycles. The molecule has 3 fully saturated rings. The third-order valence-electron chi connectivity index (χ3n) is 3.72. The highest BCUT2D eigenvalue weighted by atomic mass is 16.1. The van der Waals surface area contributed by atoms with Crippen molar-refractivity contribution in [2.75, 3.05) is 0 Å². The van der Waals surface area contributed by atoms with Crippen LogP contribution in [0.2, 0.25) is 0 Å². The molecule has 0 heterocycles. The molecule has 0 spiro atoms. The molecular weight excluding hydrogens is 124 g/mol. The number of hydrogen-bond acceptors (Lipinski definition) is 1. The standard InChI is InChI=1S/C9H12O/c10-7-4-5-2-1-3-6-8(5)9(6)7/h5-6,8-9H,1-4H2. The molecule has 3 saturated carbocycles. The summed E-state index contributed by atoms with van der Waals surface area (Å²) in [6, 6.07) is 0. The van der Waals surface area contributed by atoms with Crippen molar-refractivity contribution in [1.82, 2.24) is 0 Å². The maximum atomic E-state index is 11.2. The summed E-state index contributed by atoms with van der Waals surface area (Å²) in [6.45, 7) is 0. The third kappa shape index (κ3) is 0.446. The Labute approximate surface area is 60.8 Å². The molecule has 3 aliphatic carbocycles. The van der Waals surface area contributed by atoms with Gasteiger partial charge in [-0.05, 0) is 30.6 Å². The Morgan fingerprint density at radius 2 is 2.20 bits per heavy atom. The van der Waals surface area contributed by atoms with Crippen molar-refractivity contribution in [1.29, 1.82) is 0 Å². The van der Waals surface area contributed by atoms with Gasteiger partial charge in [0.2, 0.25) is 0 Å². The summed E-state index contributed by atoms with van der Waals surface area (Å²) in [4.78, 5) is 11.2. The first-order chi connectivity index (χ1) is 4.88. The van der Waals surface area contributed by atoms with E-state index in [9.17, 15) is 4.79 Å². The van der Waals surface area contributed by atoms with Crippen molar-refractivity contribution in [2.24, 2.45) is 23.7 Å². The van der Waals surface area contributed by atoms with Crippen molar-refractivity contribution < 1.29 is 4.79 Å². The number of fused-ring (bicyclic) bond motifs is 1. The lowest BCUT2D eigenvalue weighted by Gasteiger charge is -2.18. The molecule has 10 heavy (non-hydrogen) atoms. The van der Waals surface area contributed by atoms with Gasteiger partial charge in [0.1, 0.15) is 5.78 Å². The molecule has 1 nitrogen and oxygen atoms in total. The van der Waals surface area contributed by atoms with Gasteiger partial charge in [-0.25, -0.2) is 0 Å². The number of carbonyl (C=O) groups is 1. The van der Waals surface area contributed by atoms with E-state index >= 15 is 0 Å². The first kappa shape index (κ1) is 5.34. The summed E-state index contributed by atoms with van der Waals surface area (Å²) in [5.41, 5.74) is 0. The Kier molecular flexibility index (Phi) is 0.781. The minimum Gasteiger partial charge on any atom is -0.299 e. The molecule has 0 amide bonds. The van der Waals surface area contributed by atoms with Gasteiger partial charge in [-0.3, -0.25) is 4.79 Å². The highest BCUT2D eigenvalue weighted by Gasteiger charge is 2.63. The van der Waals surface area contributed by atoms with Crippen molar-refractivity contribution in [2.45, 2.75) is 25.7 Å². The van der Waals surface area contributed by atoms with Gasteiger partial charge in [0.05, 0.1) is 0 Å². The Balaban J connectivity index is 1.95. The maximum absolute atomic E-state index is 11.2. The number of carbonyl (C=O) groups excluding carboxylic acids is 1. The van der Waals surface area contributed by atoms with Crippen LogP contribution in [0.25, 0.3) is 0 Å². The number of rotatable bonds is 0. The molecule has 0 aromatic rings. The Bertz CT molecular complexity index is 197. The van der Waals surface area contributed by atoms with E-state index in [0.717, 1.165) is 24.2 Å². The van der Waals surface area contributed by atoms with Crippen LogP contribution in [0.1, 0.15) is 25.7 Å². The number of ketones is 1. The van der Waals surface area contributed by atoms with E-state index in [1.54, 1.807) is 0 Å². The molecule has 3 aliphatic rings. The van der Waals surface area contributed by atoms with Crippen molar-refractivity contribution in [3.63, 3.8) is 0 Å². The smallest absolute Gasteiger partial charge is 0.136 e. The second-order valence-corrected chi connectivity index (χ2v) is 4.13. The van der Waals surface area contributed by atoms with Gasteiger partial charge in [-0.1, -0.05) is 6.42 Å². The second-order valence-electron chi connectivity index (χ2n) is 4.13. The van der Waals surface area contributed by atoms with E-state index in [-0.39, 0.29) is 0 Å². The molecule has 4 unspecified atom stereocenters. The molecule has 4 atom stereocenters. The van der Waals surface area contributed by atoms with Gasteiger partial charge in [-0.15, -0.1) is 0 Å². The minimum atomic E-state index is 0.562. The zero-order chi connectivity index (χ0) is 6.72. The van der Waals surface area contributed by atoms with Gasteiger partial charge in [0.25, 0.3) is 0 Å². The quantitative estimate of drug-likeness (QED) is 0.494. The van der Waals surface area contributed by atoms with Crippen LogP contribution in [0.5, 0.6) is 0 Å². The van der Waals surface area contributed by atoms with E-state index in [4.69, 9.17) is 0 Å². The highest BCUT2D eigenvalue weighted by molar-refractivity contribution is 5.87. The van der Waals surface area contributed by atoms with E-state index in [1.165, 1.54) is 19.3 Å². The first-order valence-corrected chi connectivity index (χ1v) is 4.40. The predicted molar refractivity (Wildman–Crippen MR) is 37.4 cm³/mol. The van der Waals surface area contributed by atoms with Crippen LogP contribution in [-0.4, -0.2) is 5.78 Å². The molecular formula is C9H12O. The van der Waals surface area contributed by atoms with Crippen LogP contribution in [0, 0.1) is 23.7 Å². The largest absolute Gasteiger partial charge is 0.299 e. The van der Waals surface area contributed by atoms with Crippen molar-refractivity contribution in [3.8, 4) is 0 Å². The number of hydrogen-bond donors (Lipinski definition) is 0. The molecule has 3 rings (SSSR count). The number of Topliss-reactive ketones (excluding diaryl/α,β-unsaturated/α-hetero) is 1. The topological polar surface area (TPSA) is 17.1 Å². The van der Waals surface area contributed by atoms with Crippen LogP contribution >= 0.6 is 0 Å². The van der Waals surface area contributed by atoms with Crippen LogP contribution < -0.4 is 0 Å². The molecule has 1 heteroatoms. The van der Waals surface area contributed by atoms with Gasteiger partial charge >= 0.3 is 0 Å². The summed E-state index contributed by atoms with van der Waals surface area (Å²) in [5.74, 6) is 3.73. The predicted octanol–water partition coefficient (Wildman–Crippen LogP) is 1.62. The fraction of sp³-hybridized carbons (Fsp3) is 0.889. The van der Waals surface area contributed by atoms with Gasteiger partial charge in [-0.2, -0.15) is 0 Å². The Morgan fingerprint density at radius 3 is 2.90 bits per heavy atom. The highest BCUT2D eigenvalue weighted by Crippen LogP contribution is 2.64. The first-order valence-electron chi connectivity index (χ1n) is 4.40. The van der Waals surface area contributed by atoms with E-state index < -0.39 is 0 Å². The molecule has 54 valence electrons. The minimum absolute atomic E-state index is 0.562.